The molecule has 7 heteroatoms. The molecule has 0 radical (unpaired) electrons. The number of carboxylic acids is 1. The monoisotopic (exact) mass is 397 g/mol. The summed E-state index contributed by atoms with van der Waals surface area (Å²) < 4.78 is 20.2. The third-order valence-electron chi connectivity index (χ3n) is 5.92. The Balaban J connectivity index is 1.93. The summed E-state index contributed by atoms with van der Waals surface area (Å²) in [6.45, 7) is 6.45. The van der Waals surface area contributed by atoms with Gasteiger partial charge in [0.2, 0.25) is 0 Å². The lowest BCUT2D eigenvalue weighted by Gasteiger charge is -2.46. The number of amides is 1. The molecule has 1 amide bonds. The SMILES string of the molecule is CC(C)(C)C1CCC2(CC1)OC[C@@H](C(=O)O)N2C(=O)c1ccc(Cl)cc1F. The van der Waals surface area contributed by atoms with Gasteiger partial charge in [-0.2, -0.15) is 0 Å². The largest absolute Gasteiger partial charge is 0.480 e. The molecule has 148 valence electrons. The van der Waals surface area contributed by atoms with Crippen LogP contribution in [0.3, 0.4) is 0 Å². The van der Waals surface area contributed by atoms with Gasteiger partial charge in [-0.25, -0.2) is 9.18 Å². The highest BCUT2D eigenvalue weighted by atomic mass is 35.5. The average Bonchev–Trinajstić information content (AvgIpc) is 2.93. The topological polar surface area (TPSA) is 66.8 Å². The summed E-state index contributed by atoms with van der Waals surface area (Å²) in [5.41, 5.74) is -1.05. The molecular formula is C20H25ClFNO4. The number of nitrogens with zero attached hydrogens (tertiary/aromatic N) is 1. The molecule has 1 aromatic carbocycles. The quantitative estimate of drug-likeness (QED) is 0.806. The summed E-state index contributed by atoms with van der Waals surface area (Å²) >= 11 is 5.78. The number of carboxylic acid groups (broad SMARTS) is 1. The molecule has 1 aliphatic heterocycles. The number of hydrogen-bond acceptors (Lipinski definition) is 3. The van der Waals surface area contributed by atoms with Crippen LogP contribution < -0.4 is 0 Å². The number of benzene rings is 1. The standard InChI is InChI=1S/C20H25ClFNO4/c1-19(2,3)12-6-8-20(9-7-12)23(16(11-27-20)18(25)26)17(24)14-5-4-13(21)10-15(14)22/h4-5,10,12,16H,6-9,11H2,1-3H3,(H,25,26)/t12?,16-,20?/m0/s1. The molecular weight excluding hydrogens is 373 g/mol. The first-order valence-electron chi connectivity index (χ1n) is 9.21. The highest BCUT2D eigenvalue weighted by molar-refractivity contribution is 6.30. The molecule has 5 nitrogen and oxygen atoms in total. The van der Waals surface area contributed by atoms with Crippen molar-refractivity contribution in [2.24, 2.45) is 11.3 Å². The zero-order valence-corrected chi connectivity index (χ0v) is 16.6. The molecule has 0 aromatic heterocycles. The second-order valence-electron chi connectivity index (χ2n) is 8.55. The third kappa shape index (κ3) is 3.69. The zero-order chi connectivity index (χ0) is 20.0. The van der Waals surface area contributed by atoms with Gasteiger partial charge in [0, 0.05) is 5.02 Å². The summed E-state index contributed by atoms with van der Waals surface area (Å²) in [6, 6.07) is 2.66. The number of carbonyl (C=O) groups is 2. The van der Waals surface area contributed by atoms with Crippen molar-refractivity contribution in [3.63, 3.8) is 0 Å². The van der Waals surface area contributed by atoms with Crippen LogP contribution in [0, 0.1) is 17.2 Å². The van der Waals surface area contributed by atoms with Gasteiger partial charge in [0.25, 0.3) is 5.91 Å². The van der Waals surface area contributed by atoms with E-state index in [-0.39, 0.29) is 22.6 Å². The maximum absolute atomic E-state index is 14.3. The van der Waals surface area contributed by atoms with Gasteiger partial charge in [-0.15, -0.1) is 0 Å². The van der Waals surface area contributed by atoms with E-state index < -0.39 is 29.5 Å². The normalized spacial score (nSPS) is 28.6. The van der Waals surface area contributed by atoms with Crippen LogP contribution in [0.5, 0.6) is 0 Å². The van der Waals surface area contributed by atoms with Crippen LogP contribution in [0.25, 0.3) is 0 Å². The van der Waals surface area contributed by atoms with Gasteiger partial charge in [0.05, 0.1) is 12.2 Å². The van der Waals surface area contributed by atoms with E-state index in [1.807, 2.05) is 0 Å². The van der Waals surface area contributed by atoms with Crippen molar-refractivity contribution in [1.82, 2.24) is 4.90 Å². The molecule has 0 unspecified atom stereocenters. The highest BCUT2D eigenvalue weighted by Crippen LogP contribution is 2.47. The van der Waals surface area contributed by atoms with E-state index in [9.17, 15) is 19.1 Å². The first-order valence-corrected chi connectivity index (χ1v) is 9.58. The van der Waals surface area contributed by atoms with Crippen molar-refractivity contribution in [3.8, 4) is 0 Å². The Kier molecular flexibility index (Phi) is 5.25. The van der Waals surface area contributed by atoms with E-state index in [1.54, 1.807) is 0 Å². The summed E-state index contributed by atoms with van der Waals surface area (Å²) in [6.07, 6.45) is 2.73. The van der Waals surface area contributed by atoms with Crippen molar-refractivity contribution >= 4 is 23.5 Å². The van der Waals surface area contributed by atoms with Gasteiger partial charge >= 0.3 is 5.97 Å². The number of carbonyl (C=O) groups excluding carboxylic acids is 1. The molecule has 0 bridgehead atoms. The molecule has 1 atom stereocenters. The van der Waals surface area contributed by atoms with Gasteiger partial charge in [-0.1, -0.05) is 32.4 Å². The number of aliphatic carboxylic acids is 1. The Bertz CT molecular complexity index is 753. The van der Waals surface area contributed by atoms with Gasteiger partial charge in [0.1, 0.15) is 11.5 Å². The maximum Gasteiger partial charge on any atom is 0.328 e. The molecule has 2 fully saturated rings. The van der Waals surface area contributed by atoms with Crippen LogP contribution >= 0.6 is 11.6 Å². The van der Waals surface area contributed by atoms with Crippen LogP contribution in [0.15, 0.2) is 18.2 Å². The molecule has 1 aromatic rings. The Morgan fingerprint density at radius 3 is 2.44 bits per heavy atom. The highest BCUT2D eigenvalue weighted by Gasteiger charge is 2.55. The summed E-state index contributed by atoms with van der Waals surface area (Å²) in [7, 11) is 0. The van der Waals surface area contributed by atoms with E-state index in [4.69, 9.17) is 16.3 Å². The number of ether oxygens (including phenoxy) is 1. The minimum absolute atomic E-state index is 0.0868. The maximum atomic E-state index is 14.3. The fourth-order valence-corrected chi connectivity index (χ4v) is 4.44. The Hall–Kier alpha value is -1.66. The van der Waals surface area contributed by atoms with Crippen LogP contribution in [0.4, 0.5) is 4.39 Å². The van der Waals surface area contributed by atoms with Crippen molar-refractivity contribution in [3.05, 3.63) is 34.6 Å². The zero-order valence-electron chi connectivity index (χ0n) is 15.8. The fourth-order valence-electron chi connectivity index (χ4n) is 4.28. The summed E-state index contributed by atoms with van der Waals surface area (Å²) in [5, 5.41) is 9.78. The molecule has 1 saturated carbocycles. The van der Waals surface area contributed by atoms with E-state index >= 15 is 0 Å². The number of rotatable bonds is 2. The van der Waals surface area contributed by atoms with Crippen molar-refractivity contribution in [2.45, 2.75) is 58.2 Å². The Morgan fingerprint density at radius 1 is 1.30 bits per heavy atom. The minimum Gasteiger partial charge on any atom is -0.480 e. The fraction of sp³-hybridized carbons (Fsp3) is 0.600. The van der Waals surface area contributed by atoms with Crippen molar-refractivity contribution in [2.75, 3.05) is 6.61 Å². The van der Waals surface area contributed by atoms with Gasteiger partial charge in [-0.05, 0) is 55.2 Å². The van der Waals surface area contributed by atoms with Crippen LogP contribution in [-0.2, 0) is 9.53 Å². The molecule has 1 spiro atoms. The predicted molar refractivity (Wildman–Crippen MR) is 99.1 cm³/mol. The molecule has 1 N–H and O–H groups in total. The van der Waals surface area contributed by atoms with Gasteiger partial charge in [-0.3, -0.25) is 9.69 Å². The van der Waals surface area contributed by atoms with E-state index in [0.717, 1.165) is 18.9 Å². The third-order valence-corrected chi connectivity index (χ3v) is 6.15. The lowest BCUT2D eigenvalue weighted by molar-refractivity contribution is -0.144. The lowest BCUT2D eigenvalue weighted by Crippen LogP contribution is -2.55. The van der Waals surface area contributed by atoms with E-state index in [0.29, 0.717) is 18.8 Å². The second-order valence-corrected chi connectivity index (χ2v) is 8.99. The van der Waals surface area contributed by atoms with Gasteiger partial charge < -0.3 is 9.84 Å². The predicted octanol–water partition coefficient (Wildman–Crippen LogP) is 4.34. The number of halogens is 2. The molecule has 1 saturated heterocycles. The Labute approximate surface area is 163 Å². The minimum atomic E-state index is -1.15. The second kappa shape index (κ2) is 7.06. The first kappa shape index (κ1) is 20.1. The van der Waals surface area contributed by atoms with Gasteiger partial charge in [0.15, 0.2) is 6.04 Å². The summed E-state index contributed by atoms with van der Waals surface area (Å²) in [4.78, 5) is 26.1. The first-order chi connectivity index (χ1) is 12.5. The van der Waals surface area contributed by atoms with Crippen LogP contribution in [0.2, 0.25) is 5.02 Å². The molecule has 3 rings (SSSR count). The summed E-state index contributed by atoms with van der Waals surface area (Å²) in [5.74, 6) is -2.11. The molecule has 2 aliphatic rings. The lowest BCUT2D eigenvalue weighted by atomic mass is 9.70. The molecule has 27 heavy (non-hydrogen) atoms. The Morgan fingerprint density at radius 2 is 1.93 bits per heavy atom. The van der Waals surface area contributed by atoms with E-state index in [2.05, 4.69) is 20.8 Å². The van der Waals surface area contributed by atoms with E-state index in [1.165, 1.54) is 17.0 Å². The smallest absolute Gasteiger partial charge is 0.328 e. The van der Waals surface area contributed by atoms with Crippen LogP contribution in [-0.4, -0.2) is 40.3 Å². The average molecular weight is 398 g/mol. The molecule has 1 aliphatic carbocycles. The van der Waals surface area contributed by atoms with Crippen molar-refractivity contribution < 1.29 is 23.8 Å². The van der Waals surface area contributed by atoms with Crippen LogP contribution in [0.1, 0.15) is 56.8 Å². The van der Waals surface area contributed by atoms with Crippen molar-refractivity contribution in [1.29, 1.82) is 0 Å². The number of hydrogen-bond donors (Lipinski definition) is 1. The molecule has 1 heterocycles.